The Morgan fingerprint density at radius 1 is 1.26 bits per heavy atom. The number of anilines is 1. The molecule has 2 aliphatic carbocycles. The highest BCUT2D eigenvalue weighted by atomic mass is 32.1. The molecule has 0 aromatic carbocycles. The van der Waals surface area contributed by atoms with Crippen LogP contribution in [0.2, 0.25) is 0 Å². The van der Waals surface area contributed by atoms with E-state index in [0.29, 0.717) is 46.2 Å². The number of primary amides is 2. The molecule has 0 bridgehead atoms. The van der Waals surface area contributed by atoms with Gasteiger partial charge in [-0.2, -0.15) is 0 Å². The minimum absolute atomic E-state index is 0.0103. The van der Waals surface area contributed by atoms with Crippen LogP contribution in [0, 0.1) is 11.3 Å². The van der Waals surface area contributed by atoms with E-state index < -0.39 is 11.3 Å². The third kappa shape index (κ3) is 2.85. The van der Waals surface area contributed by atoms with E-state index in [2.05, 4.69) is 0 Å². The van der Waals surface area contributed by atoms with Gasteiger partial charge in [0.15, 0.2) is 5.78 Å². The SMILES string of the molecule is NC(=O)CCC1(CC2CC2)CCc2c(sc(N)c2C(N)=O)C1=O. The van der Waals surface area contributed by atoms with Gasteiger partial charge in [-0.3, -0.25) is 14.4 Å². The van der Waals surface area contributed by atoms with E-state index in [1.807, 2.05) is 0 Å². The Labute approximate surface area is 138 Å². The van der Waals surface area contributed by atoms with Crippen LogP contribution < -0.4 is 17.2 Å². The van der Waals surface area contributed by atoms with E-state index in [1.54, 1.807) is 0 Å². The summed E-state index contributed by atoms with van der Waals surface area (Å²) in [7, 11) is 0. The Balaban J connectivity index is 1.97. The Bertz CT molecular complexity index is 693. The van der Waals surface area contributed by atoms with E-state index in [9.17, 15) is 14.4 Å². The summed E-state index contributed by atoms with van der Waals surface area (Å²) in [5, 5.41) is 0.313. The molecule has 1 saturated carbocycles. The predicted molar refractivity (Wildman–Crippen MR) is 88.1 cm³/mol. The van der Waals surface area contributed by atoms with E-state index >= 15 is 0 Å². The number of nitrogen functional groups attached to an aromatic ring is 1. The number of amides is 2. The fourth-order valence-corrected chi connectivity index (χ4v) is 4.85. The Kier molecular flexibility index (Phi) is 3.91. The second-order valence-corrected chi connectivity index (χ2v) is 7.79. The number of rotatable bonds is 6. The van der Waals surface area contributed by atoms with Crippen molar-refractivity contribution < 1.29 is 14.4 Å². The Hall–Kier alpha value is -1.89. The molecule has 7 heteroatoms. The van der Waals surface area contributed by atoms with Crippen LogP contribution in [0.1, 0.15) is 64.1 Å². The average molecular weight is 335 g/mol. The van der Waals surface area contributed by atoms with Crippen molar-refractivity contribution in [2.24, 2.45) is 22.8 Å². The molecule has 1 fully saturated rings. The Morgan fingerprint density at radius 3 is 2.52 bits per heavy atom. The molecule has 1 aromatic heterocycles. The van der Waals surface area contributed by atoms with Gasteiger partial charge in [-0.05, 0) is 37.2 Å². The minimum atomic E-state index is -0.584. The van der Waals surface area contributed by atoms with Crippen LogP contribution in [0.15, 0.2) is 0 Å². The zero-order valence-electron chi connectivity index (χ0n) is 12.9. The van der Waals surface area contributed by atoms with Crippen molar-refractivity contribution in [3.63, 3.8) is 0 Å². The third-order valence-corrected chi connectivity index (χ3v) is 6.11. The van der Waals surface area contributed by atoms with Crippen LogP contribution in [0.5, 0.6) is 0 Å². The van der Waals surface area contributed by atoms with Crippen LogP contribution in [-0.4, -0.2) is 17.6 Å². The van der Waals surface area contributed by atoms with Crippen molar-refractivity contribution in [1.82, 2.24) is 0 Å². The molecule has 23 heavy (non-hydrogen) atoms. The monoisotopic (exact) mass is 335 g/mol. The standard InChI is InChI=1S/C16H21N3O3S/c17-10(20)4-6-16(7-8-1-2-8)5-3-9-11(14(18)22)15(19)23-12(9)13(16)21/h8H,1-7,19H2,(H2,17,20)(H2,18,22). The number of nitrogens with two attached hydrogens (primary N) is 3. The summed E-state index contributed by atoms with van der Waals surface area (Å²) in [6, 6.07) is 0. The second kappa shape index (κ2) is 5.63. The number of carbonyl (C=O) groups is 3. The number of fused-ring (bicyclic) bond motifs is 1. The number of hydrogen-bond donors (Lipinski definition) is 3. The van der Waals surface area contributed by atoms with Gasteiger partial charge < -0.3 is 17.2 Å². The fraction of sp³-hybridized carbons (Fsp3) is 0.562. The van der Waals surface area contributed by atoms with Gasteiger partial charge in [0.1, 0.15) is 0 Å². The van der Waals surface area contributed by atoms with Crippen LogP contribution in [0.3, 0.4) is 0 Å². The largest absolute Gasteiger partial charge is 0.390 e. The van der Waals surface area contributed by atoms with Gasteiger partial charge in [0, 0.05) is 11.8 Å². The first kappa shape index (κ1) is 16.0. The quantitative estimate of drug-likeness (QED) is 0.729. The van der Waals surface area contributed by atoms with E-state index in [0.717, 1.165) is 30.6 Å². The summed E-state index contributed by atoms with van der Waals surface area (Å²) in [5.74, 6) is -0.403. The highest BCUT2D eigenvalue weighted by Crippen LogP contribution is 2.51. The van der Waals surface area contributed by atoms with Gasteiger partial charge >= 0.3 is 0 Å². The van der Waals surface area contributed by atoms with Crippen molar-refractivity contribution in [2.45, 2.75) is 44.9 Å². The van der Waals surface area contributed by atoms with E-state index in [4.69, 9.17) is 17.2 Å². The molecule has 1 atom stereocenters. The van der Waals surface area contributed by atoms with Crippen LogP contribution >= 0.6 is 11.3 Å². The minimum Gasteiger partial charge on any atom is -0.390 e. The highest BCUT2D eigenvalue weighted by molar-refractivity contribution is 7.18. The maximum atomic E-state index is 13.2. The third-order valence-electron chi connectivity index (χ3n) is 5.05. The maximum absolute atomic E-state index is 13.2. The molecule has 2 amide bonds. The Morgan fingerprint density at radius 2 is 1.96 bits per heavy atom. The molecule has 6 nitrogen and oxygen atoms in total. The van der Waals surface area contributed by atoms with Crippen LogP contribution in [0.25, 0.3) is 0 Å². The molecule has 0 spiro atoms. The van der Waals surface area contributed by atoms with Crippen molar-refractivity contribution in [3.8, 4) is 0 Å². The maximum Gasteiger partial charge on any atom is 0.251 e. The van der Waals surface area contributed by atoms with Gasteiger partial charge in [0.25, 0.3) is 5.91 Å². The lowest BCUT2D eigenvalue weighted by molar-refractivity contribution is -0.118. The summed E-state index contributed by atoms with van der Waals surface area (Å²) in [6.45, 7) is 0. The number of ketones is 1. The summed E-state index contributed by atoms with van der Waals surface area (Å²) in [5.41, 5.74) is 17.0. The normalized spacial score (nSPS) is 23.6. The van der Waals surface area contributed by atoms with Crippen molar-refractivity contribution in [3.05, 3.63) is 16.0 Å². The summed E-state index contributed by atoms with van der Waals surface area (Å²) < 4.78 is 0. The average Bonchev–Trinajstić information content (AvgIpc) is 3.21. The van der Waals surface area contributed by atoms with Gasteiger partial charge in [-0.1, -0.05) is 12.8 Å². The molecular weight excluding hydrogens is 314 g/mol. The van der Waals surface area contributed by atoms with Crippen LogP contribution in [0.4, 0.5) is 5.00 Å². The molecule has 6 N–H and O–H groups in total. The molecule has 2 aliphatic rings. The first-order chi connectivity index (χ1) is 10.8. The van der Waals surface area contributed by atoms with E-state index in [-0.39, 0.29) is 18.1 Å². The molecule has 3 rings (SSSR count). The van der Waals surface area contributed by atoms with Crippen molar-refractivity contribution in [2.75, 3.05) is 5.73 Å². The highest BCUT2D eigenvalue weighted by Gasteiger charge is 2.47. The number of Topliss-reactive ketones (excluding diaryl/α,β-unsaturated/α-hetero) is 1. The molecule has 1 aromatic rings. The predicted octanol–water partition coefficient (Wildman–Crippen LogP) is 1.61. The molecule has 0 radical (unpaired) electrons. The van der Waals surface area contributed by atoms with Gasteiger partial charge in [0.2, 0.25) is 5.91 Å². The second-order valence-electron chi connectivity index (χ2n) is 6.74. The number of carbonyl (C=O) groups excluding carboxylic acids is 3. The van der Waals surface area contributed by atoms with Crippen LogP contribution in [-0.2, 0) is 11.2 Å². The first-order valence-corrected chi connectivity index (χ1v) is 8.70. The smallest absolute Gasteiger partial charge is 0.251 e. The van der Waals surface area contributed by atoms with Gasteiger partial charge in [-0.25, -0.2) is 0 Å². The number of hydrogen-bond acceptors (Lipinski definition) is 5. The molecule has 1 unspecified atom stereocenters. The summed E-state index contributed by atoms with van der Waals surface area (Å²) in [6.07, 6.45) is 4.97. The van der Waals surface area contributed by atoms with Gasteiger partial charge in [-0.15, -0.1) is 11.3 Å². The molecule has 1 heterocycles. The lowest BCUT2D eigenvalue weighted by Crippen LogP contribution is -2.37. The first-order valence-electron chi connectivity index (χ1n) is 7.88. The topological polar surface area (TPSA) is 129 Å². The molecule has 124 valence electrons. The molecule has 0 saturated heterocycles. The fourth-order valence-electron chi connectivity index (χ4n) is 3.67. The summed E-state index contributed by atoms with van der Waals surface area (Å²) >= 11 is 1.15. The zero-order chi connectivity index (χ0) is 16.8. The zero-order valence-corrected chi connectivity index (χ0v) is 13.7. The summed E-state index contributed by atoms with van der Waals surface area (Å²) in [4.78, 5) is 36.5. The molecule has 0 aliphatic heterocycles. The van der Waals surface area contributed by atoms with Crippen molar-refractivity contribution in [1.29, 1.82) is 0 Å². The van der Waals surface area contributed by atoms with E-state index in [1.165, 1.54) is 0 Å². The lowest BCUT2D eigenvalue weighted by Gasteiger charge is -2.35. The molecular formula is C16H21N3O3S. The van der Waals surface area contributed by atoms with Gasteiger partial charge in [0.05, 0.1) is 15.4 Å². The number of thiophene rings is 1. The lowest BCUT2D eigenvalue weighted by atomic mass is 9.67. The van der Waals surface area contributed by atoms with Crippen molar-refractivity contribution >= 4 is 33.9 Å².